The lowest BCUT2D eigenvalue weighted by atomic mass is 10.2. The molecule has 5 nitrogen and oxygen atoms in total. The molecule has 0 radical (unpaired) electrons. The first kappa shape index (κ1) is 17.4. The van der Waals surface area contributed by atoms with Gasteiger partial charge in [-0.3, -0.25) is 4.79 Å². The van der Waals surface area contributed by atoms with Gasteiger partial charge in [0, 0.05) is 10.4 Å². The minimum atomic E-state index is -0.0911. The Morgan fingerprint density at radius 1 is 1.35 bits per heavy atom. The van der Waals surface area contributed by atoms with Crippen LogP contribution in [0.4, 0.5) is 0 Å². The minimum absolute atomic E-state index is 0.0911. The van der Waals surface area contributed by atoms with Gasteiger partial charge in [0.2, 0.25) is 0 Å². The number of hydrogen-bond donors (Lipinski definition) is 2. The van der Waals surface area contributed by atoms with E-state index in [1.807, 2.05) is 6.92 Å². The number of aryl methyl sites for hydroxylation is 2. The van der Waals surface area contributed by atoms with Gasteiger partial charge in [0.25, 0.3) is 5.91 Å². The summed E-state index contributed by atoms with van der Waals surface area (Å²) in [4.78, 5) is 17.8. The van der Waals surface area contributed by atoms with E-state index in [0.29, 0.717) is 25.3 Å². The van der Waals surface area contributed by atoms with Crippen molar-refractivity contribution >= 4 is 17.2 Å². The van der Waals surface area contributed by atoms with Gasteiger partial charge in [0.05, 0.1) is 23.9 Å². The number of nitrogens with one attached hydrogen (secondary N) is 1. The zero-order valence-electron chi connectivity index (χ0n) is 13.6. The molecule has 0 aliphatic carbocycles. The number of amides is 1. The molecule has 1 amide bonds. The van der Waals surface area contributed by atoms with Crippen LogP contribution in [0.2, 0.25) is 0 Å². The van der Waals surface area contributed by atoms with E-state index in [1.165, 1.54) is 0 Å². The molecular weight excluding hydrogens is 310 g/mol. The van der Waals surface area contributed by atoms with E-state index in [4.69, 9.17) is 10.5 Å². The Morgan fingerprint density at radius 2 is 2.09 bits per heavy atom. The van der Waals surface area contributed by atoms with Gasteiger partial charge in [0.15, 0.2) is 0 Å². The average molecular weight is 333 g/mol. The Bertz CT molecular complexity index is 638. The Hall–Kier alpha value is -1.92. The van der Waals surface area contributed by atoms with Crippen molar-refractivity contribution in [3.8, 4) is 5.75 Å². The molecule has 0 saturated heterocycles. The van der Waals surface area contributed by atoms with E-state index in [2.05, 4.69) is 17.2 Å². The number of ether oxygens (including phenoxy) is 1. The van der Waals surface area contributed by atoms with Crippen LogP contribution in [0.3, 0.4) is 0 Å². The molecular formula is C17H23N3O2S. The quantitative estimate of drug-likeness (QED) is 0.728. The van der Waals surface area contributed by atoms with Gasteiger partial charge in [-0.15, -0.1) is 11.3 Å². The minimum Gasteiger partial charge on any atom is -0.494 e. The largest absolute Gasteiger partial charge is 0.494 e. The molecule has 2 rings (SSSR count). The number of nitrogens with zero attached hydrogens (tertiary/aromatic N) is 1. The van der Waals surface area contributed by atoms with E-state index >= 15 is 0 Å². The lowest BCUT2D eigenvalue weighted by Gasteiger charge is -2.07. The fourth-order valence-corrected chi connectivity index (χ4v) is 3.13. The van der Waals surface area contributed by atoms with Gasteiger partial charge in [-0.05, 0) is 50.6 Å². The van der Waals surface area contributed by atoms with Crippen LogP contribution in [0.25, 0.3) is 0 Å². The SMILES string of the molecule is CCc1nc(C)sc1CNC(=O)c1ccc(OCCCN)cc1. The van der Waals surface area contributed by atoms with Crippen LogP contribution < -0.4 is 15.8 Å². The smallest absolute Gasteiger partial charge is 0.251 e. The summed E-state index contributed by atoms with van der Waals surface area (Å²) in [6, 6.07) is 7.15. The lowest BCUT2D eigenvalue weighted by Crippen LogP contribution is -2.22. The molecule has 1 aromatic heterocycles. The zero-order chi connectivity index (χ0) is 16.7. The van der Waals surface area contributed by atoms with Crippen molar-refractivity contribution in [2.24, 2.45) is 5.73 Å². The van der Waals surface area contributed by atoms with Crippen LogP contribution in [0.5, 0.6) is 5.75 Å². The van der Waals surface area contributed by atoms with Crippen LogP contribution >= 0.6 is 11.3 Å². The molecule has 0 aliphatic rings. The maximum Gasteiger partial charge on any atom is 0.251 e. The molecule has 0 saturated carbocycles. The van der Waals surface area contributed by atoms with Crippen molar-refractivity contribution in [2.75, 3.05) is 13.2 Å². The highest BCUT2D eigenvalue weighted by Gasteiger charge is 2.10. The van der Waals surface area contributed by atoms with Crippen LogP contribution in [0.1, 0.15) is 39.3 Å². The van der Waals surface area contributed by atoms with Crippen LogP contribution in [-0.4, -0.2) is 24.0 Å². The summed E-state index contributed by atoms with van der Waals surface area (Å²) in [6.07, 6.45) is 1.70. The van der Waals surface area contributed by atoms with Crippen molar-refractivity contribution in [3.05, 3.63) is 45.4 Å². The number of hydrogen-bond acceptors (Lipinski definition) is 5. The molecule has 0 spiro atoms. The maximum absolute atomic E-state index is 12.2. The monoisotopic (exact) mass is 333 g/mol. The third kappa shape index (κ3) is 5.04. The first-order valence-electron chi connectivity index (χ1n) is 7.80. The summed E-state index contributed by atoms with van der Waals surface area (Å²) in [5.74, 6) is 0.660. The third-order valence-electron chi connectivity index (χ3n) is 3.36. The van der Waals surface area contributed by atoms with Crippen LogP contribution in [-0.2, 0) is 13.0 Å². The standard InChI is InChI=1S/C17H23N3O2S/c1-3-15-16(23-12(2)20-15)11-19-17(21)13-5-7-14(8-6-13)22-10-4-9-18/h5-8H,3-4,9-11,18H2,1-2H3,(H,19,21). The zero-order valence-corrected chi connectivity index (χ0v) is 14.4. The lowest BCUT2D eigenvalue weighted by molar-refractivity contribution is 0.0951. The van der Waals surface area contributed by atoms with Gasteiger partial charge >= 0.3 is 0 Å². The molecule has 1 heterocycles. The number of carbonyl (C=O) groups is 1. The second-order valence-corrected chi connectivity index (χ2v) is 6.44. The number of nitrogens with two attached hydrogens (primary N) is 1. The van der Waals surface area contributed by atoms with Gasteiger partial charge in [-0.1, -0.05) is 6.92 Å². The average Bonchev–Trinajstić information content (AvgIpc) is 2.93. The first-order valence-corrected chi connectivity index (χ1v) is 8.62. The summed E-state index contributed by atoms with van der Waals surface area (Å²) >= 11 is 1.63. The molecule has 6 heteroatoms. The summed E-state index contributed by atoms with van der Waals surface area (Å²) in [7, 11) is 0. The summed E-state index contributed by atoms with van der Waals surface area (Å²) < 4.78 is 5.53. The van der Waals surface area contributed by atoms with Crippen molar-refractivity contribution in [1.29, 1.82) is 0 Å². The fourth-order valence-electron chi connectivity index (χ4n) is 2.17. The van der Waals surface area contributed by atoms with Crippen LogP contribution in [0, 0.1) is 6.92 Å². The molecule has 0 atom stereocenters. The van der Waals surface area contributed by atoms with Crippen molar-refractivity contribution < 1.29 is 9.53 Å². The Labute approximate surface area is 140 Å². The van der Waals surface area contributed by atoms with E-state index in [-0.39, 0.29) is 5.91 Å². The molecule has 23 heavy (non-hydrogen) atoms. The Morgan fingerprint density at radius 3 is 2.74 bits per heavy atom. The molecule has 124 valence electrons. The van der Waals surface area contributed by atoms with E-state index in [0.717, 1.165) is 34.2 Å². The first-order chi connectivity index (χ1) is 11.1. The highest BCUT2D eigenvalue weighted by Crippen LogP contribution is 2.18. The third-order valence-corrected chi connectivity index (χ3v) is 4.38. The summed E-state index contributed by atoms with van der Waals surface area (Å²) in [5, 5.41) is 3.98. The van der Waals surface area contributed by atoms with Gasteiger partial charge < -0.3 is 15.8 Å². The predicted octanol–water partition coefficient (Wildman–Crippen LogP) is 2.67. The molecule has 2 aromatic rings. The predicted molar refractivity (Wildman–Crippen MR) is 93.0 cm³/mol. The maximum atomic E-state index is 12.2. The molecule has 0 aliphatic heterocycles. The highest BCUT2D eigenvalue weighted by molar-refractivity contribution is 7.11. The van der Waals surface area contributed by atoms with Gasteiger partial charge in [0.1, 0.15) is 5.75 Å². The van der Waals surface area contributed by atoms with E-state index in [1.54, 1.807) is 35.6 Å². The van der Waals surface area contributed by atoms with Crippen molar-refractivity contribution in [3.63, 3.8) is 0 Å². The summed E-state index contributed by atoms with van der Waals surface area (Å²) in [5.41, 5.74) is 7.11. The normalized spacial score (nSPS) is 10.6. The Balaban J connectivity index is 1.90. The molecule has 3 N–H and O–H groups in total. The summed E-state index contributed by atoms with van der Waals surface area (Å²) in [6.45, 7) is 5.77. The van der Waals surface area contributed by atoms with E-state index in [9.17, 15) is 4.79 Å². The van der Waals surface area contributed by atoms with Crippen molar-refractivity contribution in [1.82, 2.24) is 10.3 Å². The number of aromatic nitrogens is 1. The number of benzene rings is 1. The number of rotatable bonds is 8. The van der Waals surface area contributed by atoms with Crippen LogP contribution in [0.15, 0.2) is 24.3 Å². The molecule has 0 unspecified atom stereocenters. The molecule has 0 fully saturated rings. The number of carbonyl (C=O) groups excluding carboxylic acids is 1. The number of thiazole rings is 1. The second-order valence-electron chi connectivity index (χ2n) is 5.15. The fraction of sp³-hybridized carbons (Fsp3) is 0.412. The van der Waals surface area contributed by atoms with Crippen molar-refractivity contribution in [2.45, 2.75) is 33.2 Å². The second kappa shape index (κ2) is 8.64. The van der Waals surface area contributed by atoms with Gasteiger partial charge in [-0.25, -0.2) is 4.98 Å². The topological polar surface area (TPSA) is 77.2 Å². The highest BCUT2D eigenvalue weighted by atomic mass is 32.1. The Kier molecular flexibility index (Phi) is 6.55. The van der Waals surface area contributed by atoms with Gasteiger partial charge in [-0.2, -0.15) is 0 Å². The van der Waals surface area contributed by atoms with E-state index < -0.39 is 0 Å². The molecule has 0 bridgehead atoms. The molecule has 1 aromatic carbocycles.